The Bertz CT molecular complexity index is 524. The molecule has 6 heteroatoms. The highest BCUT2D eigenvalue weighted by Gasteiger charge is 2.19. The summed E-state index contributed by atoms with van der Waals surface area (Å²) in [5, 5.41) is 14.9. The molecule has 0 spiro atoms. The van der Waals surface area contributed by atoms with Crippen LogP contribution < -0.4 is 16.8 Å². The fourth-order valence-corrected chi connectivity index (χ4v) is 1.94. The number of aryl methyl sites for hydroxylation is 1. The first-order valence-corrected chi connectivity index (χ1v) is 6.36. The smallest absolute Gasteiger partial charge is 0.219 e. The predicted molar refractivity (Wildman–Crippen MR) is 78.4 cm³/mol. The van der Waals surface area contributed by atoms with Gasteiger partial charge in [0.05, 0.1) is 0 Å². The van der Waals surface area contributed by atoms with E-state index in [0.717, 1.165) is 11.1 Å². The maximum Gasteiger partial charge on any atom is 0.219 e. The van der Waals surface area contributed by atoms with E-state index in [-0.39, 0.29) is 23.7 Å². The van der Waals surface area contributed by atoms with Gasteiger partial charge in [-0.3, -0.25) is 4.79 Å². The maximum absolute atomic E-state index is 11.0. The van der Waals surface area contributed by atoms with Crippen LogP contribution in [-0.2, 0) is 11.3 Å². The minimum absolute atomic E-state index is 0.0849. The number of nitrogens with zero attached hydrogens (tertiary/aromatic N) is 1. The van der Waals surface area contributed by atoms with E-state index in [4.69, 9.17) is 16.7 Å². The summed E-state index contributed by atoms with van der Waals surface area (Å²) in [7, 11) is 0. The Balaban J connectivity index is 2.77. The highest BCUT2D eigenvalue weighted by atomic mass is 16.4. The number of carbonyl (C=O) groups is 1. The molecule has 1 amide bonds. The first kappa shape index (κ1) is 16.0. The number of amidine groups is 1. The van der Waals surface area contributed by atoms with E-state index in [0.29, 0.717) is 12.1 Å². The lowest BCUT2D eigenvalue weighted by molar-refractivity contribution is -0.119. The highest BCUT2D eigenvalue weighted by Crippen LogP contribution is 2.14. The molecule has 0 atom stereocenters. The Hall–Kier alpha value is -2.08. The molecule has 6 nitrogen and oxygen atoms in total. The number of oxime groups is 1. The number of hydrogen-bond donors (Lipinski definition) is 4. The van der Waals surface area contributed by atoms with Crippen LogP contribution in [0.5, 0.6) is 0 Å². The van der Waals surface area contributed by atoms with E-state index in [1.807, 2.05) is 32.9 Å². The van der Waals surface area contributed by atoms with Crippen molar-refractivity contribution in [2.45, 2.75) is 39.3 Å². The average Bonchev–Trinajstić information content (AvgIpc) is 2.34. The third-order valence-corrected chi connectivity index (χ3v) is 3.12. The molecule has 0 radical (unpaired) electrons. The molecule has 1 rings (SSSR count). The minimum atomic E-state index is -0.359. The fourth-order valence-electron chi connectivity index (χ4n) is 1.94. The maximum atomic E-state index is 11.0. The van der Waals surface area contributed by atoms with Gasteiger partial charge in [-0.15, -0.1) is 0 Å². The number of hydrogen-bond acceptors (Lipinski definition) is 4. The van der Waals surface area contributed by atoms with Gasteiger partial charge in [-0.2, -0.15) is 0 Å². The number of benzene rings is 1. The van der Waals surface area contributed by atoms with Gasteiger partial charge in [0.15, 0.2) is 5.84 Å². The number of amides is 1. The Morgan fingerprint density at radius 1 is 1.40 bits per heavy atom. The molecular formula is C14H22N4O2. The number of nitrogens with two attached hydrogens (primary N) is 2. The van der Waals surface area contributed by atoms with Crippen LogP contribution in [0.15, 0.2) is 23.4 Å². The van der Waals surface area contributed by atoms with Gasteiger partial charge in [-0.25, -0.2) is 0 Å². The zero-order valence-corrected chi connectivity index (χ0v) is 12.1. The van der Waals surface area contributed by atoms with E-state index in [1.165, 1.54) is 0 Å². The summed E-state index contributed by atoms with van der Waals surface area (Å²) in [5.41, 5.74) is 13.2. The SMILES string of the molecule is Cc1cc(/C(N)=N/O)ccc1CNC(C)(C)CC(N)=O. The fraction of sp³-hybridized carbons (Fsp3) is 0.429. The quantitative estimate of drug-likeness (QED) is 0.267. The zero-order chi connectivity index (χ0) is 15.3. The molecule has 0 saturated carbocycles. The monoisotopic (exact) mass is 278 g/mol. The molecule has 0 unspecified atom stereocenters. The van der Waals surface area contributed by atoms with Gasteiger partial charge < -0.3 is 22.0 Å². The van der Waals surface area contributed by atoms with Crippen LogP contribution in [0.4, 0.5) is 0 Å². The zero-order valence-electron chi connectivity index (χ0n) is 12.1. The molecule has 0 fully saturated rings. The van der Waals surface area contributed by atoms with Gasteiger partial charge in [-0.05, 0) is 38.0 Å². The lowest BCUT2D eigenvalue weighted by Gasteiger charge is -2.25. The normalized spacial score (nSPS) is 12.4. The molecule has 0 aliphatic rings. The molecule has 0 aliphatic heterocycles. The third kappa shape index (κ3) is 4.55. The first-order chi connectivity index (χ1) is 9.25. The van der Waals surface area contributed by atoms with Crippen LogP contribution in [0, 0.1) is 6.92 Å². The van der Waals surface area contributed by atoms with Gasteiger partial charge in [0.2, 0.25) is 5.91 Å². The van der Waals surface area contributed by atoms with Crippen molar-refractivity contribution in [3.05, 3.63) is 34.9 Å². The van der Waals surface area contributed by atoms with Crippen LogP contribution in [0.25, 0.3) is 0 Å². The Labute approximate surface area is 118 Å². The number of primary amides is 1. The highest BCUT2D eigenvalue weighted by molar-refractivity contribution is 5.97. The Kier molecular flexibility index (Phi) is 5.10. The molecule has 20 heavy (non-hydrogen) atoms. The van der Waals surface area contributed by atoms with Crippen molar-refractivity contribution in [2.75, 3.05) is 0 Å². The molecule has 0 aliphatic carbocycles. The van der Waals surface area contributed by atoms with Crippen LogP contribution >= 0.6 is 0 Å². The Morgan fingerprint density at radius 3 is 2.55 bits per heavy atom. The molecule has 0 aromatic heterocycles. The third-order valence-electron chi connectivity index (χ3n) is 3.12. The van der Waals surface area contributed by atoms with E-state index in [2.05, 4.69) is 10.5 Å². The number of rotatable bonds is 6. The molecular weight excluding hydrogens is 256 g/mol. The lowest BCUT2D eigenvalue weighted by atomic mass is 9.98. The molecule has 0 heterocycles. The number of carbonyl (C=O) groups excluding carboxylic acids is 1. The number of nitrogens with one attached hydrogen (secondary N) is 1. The molecule has 0 bridgehead atoms. The largest absolute Gasteiger partial charge is 0.409 e. The standard InChI is InChI=1S/C14H22N4O2/c1-9-6-10(13(16)18-20)4-5-11(9)8-17-14(2,3)7-12(15)19/h4-6,17,20H,7-8H2,1-3H3,(H2,15,19)(H2,16,18). The van der Waals surface area contributed by atoms with Gasteiger partial charge in [0.25, 0.3) is 0 Å². The first-order valence-electron chi connectivity index (χ1n) is 6.36. The topological polar surface area (TPSA) is 114 Å². The van der Waals surface area contributed by atoms with Crippen molar-refractivity contribution in [1.29, 1.82) is 0 Å². The van der Waals surface area contributed by atoms with Crippen molar-refractivity contribution >= 4 is 11.7 Å². The lowest BCUT2D eigenvalue weighted by Crippen LogP contribution is -2.42. The average molecular weight is 278 g/mol. The van der Waals surface area contributed by atoms with Crippen molar-refractivity contribution in [3.63, 3.8) is 0 Å². The second-order valence-corrected chi connectivity index (χ2v) is 5.51. The summed E-state index contributed by atoms with van der Waals surface area (Å²) in [6.07, 6.45) is 0.272. The van der Waals surface area contributed by atoms with Gasteiger partial charge >= 0.3 is 0 Å². The van der Waals surface area contributed by atoms with Gasteiger partial charge in [0.1, 0.15) is 0 Å². The summed E-state index contributed by atoms with van der Waals surface area (Å²) in [4.78, 5) is 11.0. The minimum Gasteiger partial charge on any atom is -0.409 e. The van der Waals surface area contributed by atoms with Crippen LogP contribution in [0.3, 0.4) is 0 Å². The molecule has 6 N–H and O–H groups in total. The van der Waals surface area contributed by atoms with Crippen molar-refractivity contribution in [3.8, 4) is 0 Å². The van der Waals surface area contributed by atoms with E-state index in [1.54, 1.807) is 6.07 Å². The molecule has 1 aromatic rings. The summed E-state index contributed by atoms with van der Waals surface area (Å²) in [5.74, 6) is -0.247. The van der Waals surface area contributed by atoms with Crippen molar-refractivity contribution in [1.82, 2.24) is 5.32 Å². The summed E-state index contributed by atoms with van der Waals surface area (Å²) in [6, 6.07) is 5.56. The van der Waals surface area contributed by atoms with E-state index >= 15 is 0 Å². The van der Waals surface area contributed by atoms with Gasteiger partial charge in [0, 0.05) is 24.1 Å². The molecule has 110 valence electrons. The summed E-state index contributed by atoms with van der Waals surface area (Å²) >= 11 is 0. The second kappa shape index (κ2) is 6.38. The van der Waals surface area contributed by atoms with Crippen LogP contribution in [-0.4, -0.2) is 22.5 Å². The van der Waals surface area contributed by atoms with Crippen LogP contribution in [0.1, 0.15) is 37.0 Å². The molecule has 0 saturated heterocycles. The predicted octanol–water partition coefficient (Wildman–Crippen LogP) is 0.833. The van der Waals surface area contributed by atoms with Gasteiger partial charge in [-0.1, -0.05) is 17.3 Å². The second-order valence-electron chi connectivity index (χ2n) is 5.51. The van der Waals surface area contributed by atoms with Crippen molar-refractivity contribution < 1.29 is 10.0 Å². The van der Waals surface area contributed by atoms with E-state index < -0.39 is 0 Å². The van der Waals surface area contributed by atoms with Crippen LogP contribution in [0.2, 0.25) is 0 Å². The summed E-state index contributed by atoms with van der Waals surface area (Å²) < 4.78 is 0. The molecule has 1 aromatic carbocycles. The van der Waals surface area contributed by atoms with Crippen molar-refractivity contribution in [2.24, 2.45) is 16.6 Å². The van der Waals surface area contributed by atoms with E-state index in [9.17, 15) is 4.79 Å². The Morgan fingerprint density at radius 2 is 2.05 bits per heavy atom. The summed E-state index contributed by atoms with van der Waals surface area (Å²) in [6.45, 7) is 6.42.